The average molecular weight is 261 g/mol. The third kappa shape index (κ3) is 3.50. The van der Waals surface area contributed by atoms with E-state index in [1.165, 1.54) is 24.0 Å². The molecule has 0 saturated carbocycles. The first kappa shape index (κ1) is 14.4. The smallest absolute Gasteiger partial charge is 0.123 e. The highest BCUT2D eigenvalue weighted by Crippen LogP contribution is 2.34. The SMILES string of the molecule is CCCNCCC(C)(C)c1ccc2c(c1)CC(C)O2. The number of fused-ring (bicyclic) bond motifs is 1. The molecule has 19 heavy (non-hydrogen) atoms. The summed E-state index contributed by atoms with van der Waals surface area (Å²) < 4.78 is 5.78. The normalized spacial score (nSPS) is 18.2. The van der Waals surface area contributed by atoms with Gasteiger partial charge in [0, 0.05) is 6.42 Å². The van der Waals surface area contributed by atoms with Crippen LogP contribution < -0.4 is 10.1 Å². The van der Waals surface area contributed by atoms with E-state index in [4.69, 9.17) is 4.74 Å². The van der Waals surface area contributed by atoms with Crippen LogP contribution in [0, 0.1) is 0 Å². The molecular weight excluding hydrogens is 234 g/mol. The lowest BCUT2D eigenvalue weighted by Crippen LogP contribution is -2.26. The summed E-state index contributed by atoms with van der Waals surface area (Å²) in [7, 11) is 0. The molecule has 0 radical (unpaired) electrons. The van der Waals surface area contributed by atoms with Gasteiger partial charge in [0.15, 0.2) is 0 Å². The van der Waals surface area contributed by atoms with E-state index in [0.717, 1.165) is 25.3 Å². The number of nitrogens with one attached hydrogen (secondary N) is 1. The van der Waals surface area contributed by atoms with Crippen molar-refractivity contribution in [3.05, 3.63) is 29.3 Å². The average Bonchev–Trinajstić information content (AvgIpc) is 2.73. The van der Waals surface area contributed by atoms with Gasteiger partial charge in [0.05, 0.1) is 0 Å². The number of ether oxygens (including phenoxy) is 1. The molecule has 2 heteroatoms. The molecule has 1 atom stereocenters. The fraction of sp³-hybridized carbons (Fsp3) is 0.647. The van der Waals surface area contributed by atoms with E-state index in [-0.39, 0.29) is 5.41 Å². The summed E-state index contributed by atoms with van der Waals surface area (Å²) in [5, 5.41) is 3.50. The lowest BCUT2D eigenvalue weighted by molar-refractivity contribution is 0.254. The topological polar surface area (TPSA) is 21.3 Å². The van der Waals surface area contributed by atoms with E-state index < -0.39 is 0 Å². The van der Waals surface area contributed by atoms with Crippen molar-refractivity contribution in [2.24, 2.45) is 0 Å². The zero-order valence-electron chi connectivity index (χ0n) is 12.8. The summed E-state index contributed by atoms with van der Waals surface area (Å²) >= 11 is 0. The second-order valence-electron chi connectivity index (χ2n) is 6.34. The van der Waals surface area contributed by atoms with Gasteiger partial charge in [0.25, 0.3) is 0 Å². The highest BCUT2D eigenvalue weighted by molar-refractivity contribution is 5.42. The predicted octanol–water partition coefficient (Wildman–Crippen LogP) is 3.68. The maximum absolute atomic E-state index is 5.78. The van der Waals surface area contributed by atoms with Gasteiger partial charge in [-0.25, -0.2) is 0 Å². The minimum Gasteiger partial charge on any atom is -0.490 e. The molecule has 1 aromatic rings. The monoisotopic (exact) mass is 261 g/mol. The molecule has 1 unspecified atom stereocenters. The molecular formula is C17H27NO. The zero-order valence-corrected chi connectivity index (χ0v) is 12.8. The molecule has 1 N–H and O–H groups in total. The molecule has 1 aromatic carbocycles. The Kier molecular flexibility index (Phi) is 4.51. The molecule has 1 aliphatic rings. The molecule has 0 bridgehead atoms. The Bertz CT molecular complexity index is 425. The minimum atomic E-state index is 0.224. The lowest BCUT2D eigenvalue weighted by Gasteiger charge is -2.26. The Morgan fingerprint density at radius 1 is 1.32 bits per heavy atom. The van der Waals surface area contributed by atoms with Gasteiger partial charge in [0.1, 0.15) is 11.9 Å². The Labute approximate surface area is 117 Å². The van der Waals surface area contributed by atoms with Gasteiger partial charge < -0.3 is 10.1 Å². The third-order valence-electron chi connectivity index (χ3n) is 4.03. The number of benzene rings is 1. The summed E-state index contributed by atoms with van der Waals surface area (Å²) in [6.45, 7) is 11.2. The molecule has 2 rings (SSSR count). The molecule has 0 spiro atoms. The van der Waals surface area contributed by atoms with Gasteiger partial charge in [-0.05, 0) is 55.5 Å². The molecule has 0 aliphatic carbocycles. The van der Waals surface area contributed by atoms with Crippen LogP contribution >= 0.6 is 0 Å². The van der Waals surface area contributed by atoms with Gasteiger partial charge in [-0.3, -0.25) is 0 Å². The second-order valence-corrected chi connectivity index (χ2v) is 6.34. The van der Waals surface area contributed by atoms with Crippen molar-refractivity contribution in [3.63, 3.8) is 0 Å². The Morgan fingerprint density at radius 2 is 2.11 bits per heavy atom. The van der Waals surface area contributed by atoms with Crippen molar-refractivity contribution in [1.82, 2.24) is 5.32 Å². The van der Waals surface area contributed by atoms with Crippen molar-refractivity contribution in [1.29, 1.82) is 0 Å². The first-order valence-corrected chi connectivity index (χ1v) is 7.53. The van der Waals surface area contributed by atoms with Crippen LogP contribution in [0.1, 0.15) is 51.7 Å². The van der Waals surface area contributed by atoms with Crippen LogP contribution in [-0.4, -0.2) is 19.2 Å². The summed E-state index contributed by atoms with van der Waals surface area (Å²) in [5.41, 5.74) is 3.03. The minimum absolute atomic E-state index is 0.224. The van der Waals surface area contributed by atoms with Gasteiger partial charge >= 0.3 is 0 Å². The van der Waals surface area contributed by atoms with Gasteiger partial charge in [-0.15, -0.1) is 0 Å². The van der Waals surface area contributed by atoms with Crippen LogP contribution in [-0.2, 0) is 11.8 Å². The second kappa shape index (κ2) is 5.96. The highest BCUT2D eigenvalue weighted by Gasteiger charge is 2.24. The largest absolute Gasteiger partial charge is 0.490 e. The van der Waals surface area contributed by atoms with Crippen LogP contribution in [0.2, 0.25) is 0 Å². The fourth-order valence-electron chi connectivity index (χ4n) is 2.69. The van der Waals surface area contributed by atoms with Crippen molar-refractivity contribution in [2.75, 3.05) is 13.1 Å². The van der Waals surface area contributed by atoms with Crippen LogP contribution in [0.15, 0.2) is 18.2 Å². The van der Waals surface area contributed by atoms with E-state index in [1.807, 2.05) is 0 Å². The molecule has 0 saturated heterocycles. The Hall–Kier alpha value is -1.02. The maximum Gasteiger partial charge on any atom is 0.123 e. The Morgan fingerprint density at radius 3 is 2.84 bits per heavy atom. The predicted molar refractivity (Wildman–Crippen MR) is 81.0 cm³/mol. The standard InChI is InChI=1S/C17H27NO/c1-5-9-18-10-8-17(3,4)15-6-7-16-14(12-15)11-13(2)19-16/h6-7,12-13,18H,5,8-11H2,1-4H3. The maximum atomic E-state index is 5.78. The van der Waals surface area contributed by atoms with Crippen molar-refractivity contribution in [3.8, 4) is 5.75 Å². The van der Waals surface area contributed by atoms with Crippen molar-refractivity contribution >= 4 is 0 Å². The number of rotatable bonds is 6. The lowest BCUT2D eigenvalue weighted by atomic mass is 9.80. The van der Waals surface area contributed by atoms with E-state index in [9.17, 15) is 0 Å². The number of hydrogen-bond acceptors (Lipinski definition) is 2. The zero-order chi connectivity index (χ0) is 13.9. The van der Waals surface area contributed by atoms with Crippen molar-refractivity contribution < 1.29 is 4.74 Å². The summed E-state index contributed by atoms with van der Waals surface area (Å²) in [4.78, 5) is 0. The van der Waals surface area contributed by atoms with Gasteiger partial charge in [0.2, 0.25) is 0 Å². The van der Waals surface area contributed by atoms with Gasteiger partial charge in [-0.1, -0.05) is 32.9 Å². The van der Waals surface area contributed by atoms with E-state index in [1.54, 1.807) is 0 Å². The molecule has 106 valence electrons. The highest BCUT2D eigenvalue weighted by atomic mass is 16.5. The fourth-order valence-corrected chi connectivity index (χ4v) is 2.69. The van der Waals surface area contributed by atoms with Crippen LogP contribution in [0.4, 0.5) is 0 Å². The quantitative estimate of drug-likeness (QED) is 0.789. The third-order valence-corrected chi connectivity index (χ3v) is 4.03. The summed E-state index contributed by atoms with van der Waals surface area (Å²) in [6, 6.07) is 6.73. The first-order valence-electron chi connectivity index (χ1n) is 7.53. The Balaban J connectivity index is 2.02. The molecule has 0 aromatic heterocycles. The van der Waals surface area contributed by atoms with E-state index >= 15 is 0 Å². The van der Waals surface area contributed by atoms with Crippen LogP contribution in [0.25, 0.3) is 0 Å². The van der Waals surface area contributed by atoms with Crippen LogP contribution in [0.3, 0.4) is 0 Å². The van der Waals surface area contributed by atoms with E-state index in [2.05, 4.69) is 51.2 Å². The van der Waals surface area contributed by atoms with E-state index in [0.29, 0.717) is 6.10 Å². The molecule has 1 heterocycles. The molecule has 2 nitrogen and oxygen atoms in total. The molecule has 0 fully saturated rings. The van der Waals surface area contributed by atoms with Gasteiger partial charge in [-0.2, -0.15) is 0 Å². The molecule has 0 amide bonds. The molecule has 1 aliphatic heterocycles. The number of hydrogen-bond donors (Lipinski definition) is 1. The summed E-state index contributed by atoms with van der Waals surface area (Å²) in [6.07, 6.45) is 3.75. The van der Waals surface area contributed by atoms with Crippen LogP contribution in [0.5, 0.6) is 5.75 Å². The first-order chi connectivity index (χ1) is 9.03. The summed E-state index contributed by atoms with van der Waals surface area (Å²) in [5.74, 6) is 1.08. The van der Waals surface area contributed by atoms with Crippen molar-refractivity contribution in [2.45, 2.75) is 58.5 Å².